The molecule has 0 radical (unpaired) electrons. The summed E-state index contributed by atoms with van der Waals surface area (Å²) >= 11 is 7.41. The summed E-state index contributed by atoms with van der Waals surface area (Å²) in [6, 6.07) is 4.11. The van der Waals surface area contributed by atoms with Crippen LogP contribution < -0.4 is 0 Å². The van der Waals surface area contributed by atoms with Crippen molar-refractivity contribution < 1.29 is 18.7 Å². The van der Waals surface area contributed by atoms with Crippen LogP contribution in [0.5, 0.6) is 0 Å². The van der Waals surface area contributed by atoms with Crippen molar-refractivity contribution in [1.29, 1.82) is 0 Å². The Morgan fingerprint density at radius 1 is 1.47 bits per heavy atom. The topological polar surface area (TPSA) is 108 Å². The maximum Gasteiger partial charge on any atom is 0.293 e. The molecule has 2 atom stereocenters. The molecule has 1 unspecified atom stereocenters. The number of aromatic amines is 1. The van der Waals surface area contributed by atoms with Crippen molar-refractivity contribution >= 4 is 39.1 Å². The van der Waals surface area contributed by atoms with E-state index >= 15 is 0 Å². The fraction of sp³-hybridized carbons (Fsp3) is 0.263. The van der Waals surface area contributed by atoms with Gasteiger partial charge < -0.3 is 19.4 Å². The number of hydrogen-bond donors (Lipinski definition) is 2. The third-order valence-electron chi connectivity index (χ3n) is 4.96. The highest BCUT2D eigenvalue weighted by molar-refractivity contribution is 7.18. The summed E-state index contributed by atoms with van der Waals surface area (Å²) in [5.41, 5.74) is 1.78. The van der Waals surface area contributed by atoms with Crippen LogP contribution in [0.1, 0.15) is 51.9 Å². The first-order valence-corrected chi connectivity index (χ1v) is 10.4. The van der Waals surface area contributed by atoms with Crippen molar-refractivity contribution in [3.05, 3.63) is 63.5 Å². The monoisotopic (exact) mass is 447 g/mol. The lowest BCUT2D eigenvalue weighted by Gasteiger charge is -2.33. The number of carbonyl (C=O) groups is 1. The Balaban J connectivity index is 1.62. The highest BCUT2D eigenvalue weighted by Crippen LogP contribution is 2.39. The molecule has 0 bridgehead atoms. The number of amides is 1. The quantitative estimate of drug-likeness (QED) is 0.496. The second-order valence-corrected chi connectivity index (χ2v) is 8.32. The maximum absolute atomic E-state index is 14.2. The Labute approximate surface area is 178 Å². The largest absolute Gasteiger partial charge is 0.431 e. The second kappa shape index (κ2) is 7.15. The predicted octanol–water partition coefficient (Wildman–Crippen LogP) is 3.64. The number of nitrogens with zero attached hydrogens (tertiary/aromatic N) is 4. The van der Waals surface area contributed by atoms with Gasteiger partial charge in [0.25, 0.3) is 5.91 Å². The van der Waals surface area contributed by atoms with Gasteiger partial charge in [-0.1, -0.05) is 17.7 Å². The molecule has 30 heavy (non-hydrogen) atoms. The Kier molecular flexibility index (Phi) is 4.57. The summed E-state index contributed by atoms with van der Waals surface area (Å²) in [5, 5.41) is 10.1. The van der Waals surface area contributed by atoms with E-state index in [4.69, 9.17) is 16.0 Å². The number of rotatable bonds is 3. The zero-order valence-corrected chi connectivity index (χ0v) is 17.2. The van der Waals surface area contributed by atoms with Crippen LogP contribution in [-0.4, -0.2) is 42.4 Å². The van der Waals surface area contributed by atoms with Crippen LogP contribution in [0.2, 0.25) is 5.15 Å². The number of nitrogens with one attached hydrogen (secondary N) is 1. The van der Waals surface area contributed by atoms with Crippen molar-refractivity contribution in [2.24, 2.45) is 0 Å². The first-order valence-electron chi connectivity index (χ1n) is 9.16. The molecule has 4 heterocycles. The van der Waals surface area contributed by atoms with Gasteiger partial charge in [0.15, 0.2) is 5.15 Å². The van der Waals surface area contributed by atoms with Gasteiger partial charge in [0.2, 0.25) is 11.7 Å². The van der Waals surface area contributed by atoms with Gasteiger partial charge in [-0.05, 0) is 19.1 Å². The van der Waals surface area contributed by atoms with Crippen LogP contribution in [0.25, 0.3) is 10.2 Å². The smallest absolute Gasteiger partial charge is 0.293 e. The van der Waals surface area contributed by atoms with Crippen LogP contribution in [-0.2, 0) is 6.42 Å². The van der Waals surface area contributed by atoms with Crippen molar-refractivity contribution in [2.75, 3.05) is 6.54 Å². The van der Waals surface area contributed by atoms with Gasteiger partial charge in [-0.2, -0.15) is 4.98 Å². The van der Waals surface area contributed by atoms with Crippen LogP contribution >= 0.6 is 22.9 Å². The van der Waals surface area contributed by atoms with Gasteiger partial charge in [-0.15, -0.1) is 11.3 Å². The molecule has 2 N–H and O–H groups in total. The van der Waals surface area contributed by atoms with Gasteiger partial charge in [0.05, 0.1) is 16.7 Å². The average Bonchev–Trinajstić information content (AvgIpc) is 3.44. The summed E-state index contributed by atoms with van der Waals surface area (Å²) in [4.78, 5) is 30.8. The first kappa shape index (κ1) is 19.2. The minimum atomic E-state index is -1.01. The Morgan fingerprint density at radius 3 is 3.03 bits per heavy atom. The van der Waals surface area contributed by atoms with Crippen molar-refractivity contribution in [2.45, 2.75) is 25.5 Å². The fourth-order valence-corrected chi connectivity index (χ4v) is 4.85. The average molecular weight is 448 g/mol. The summed E-state index contributed by atoms with van der Waals surface area (Å²) in [5.74, 6) is -1.13. The SMILES string of the molecule is CC(O)c1nc(Cl)c(C(=O)N2CCc3[nH]cnc3[C@H]2c2nc3c(F)cccc3s2)o1. The van der Waals surface area contributed by atoms with Crippen molar-refractivity contribution in [1.82, 2.24) is 24.8 Å². The molecule has 0 aliphatic carbocycles. The summed E-state index contributed by atoms with van der Waals surface area (Å²) < 4.78 is 20.3. The highest BCUT2D eigenvalue weighted by Gasteiger charge is 2.39. The highest BCUT2D eigenvalue weighted by atomic mass is 35.5. The maximum atomic E-state index is 14.2. The lowest BCUT2D eigenvalue weighted by Crippen LogP contribution is -2.40. The number of aliphatic hydroxyl groups excluding tert-OH is 1. The van der Waals surface area contributed by atoms with E-state index in [1.54, 1.807) is 18.5 Å². The molecular formula is C19H15ClFN5O3S. The van der Waals surface area contributed by atoms with Crippen LogP contribution in [0.15, 0.2) is 28.9 Å². The number of H-pyrrole nitrogens is 1. The van der Waals surface area contributed by atoms with Crippen LogP contribution in [0.4, 0.5) is 4.39 Å². The van der Waals surface area contributed by atoms with Gasteiger partial charge in [-0.3, -0.25) is 4.79 Å². The Morgan fingerprint density at radius 2 is 2.30 bits per heavy atom. The van der Waals surface area contributed by atoms with Gasteiger partial charge in [-0.25, -0.2) is 14.4 Å². The third kappa shape index (κ3) is 2.99. The molecule has 5 rings (SSSR count). The molecule has 0 saturated carbocycles. The van der Waals surface area contributed by atoms with Crippen molar-refractivity contribution in [3.8, 4) is 0 Å². The standard InChI is InChI=1S/C19H15ClFN5O3S/c1-8(27)17-25-16(20)15(29-17)19(28)26-6-5-10-13(23-7-22-10)14(26)18-24-12-9(21)3-2-4-11(12)30-18/h2-4,7-8,14,27H,5-6H2,1H3,(H,22,23)/t8?,14-/m0/s1. The number of carbonyl (C=O) groups excluding carboxylic acids is 1. The summed E-state index contributed by atoms with van der Waals surface area (Å²) in [6.45, 7) is 1.81. The summed E-state index contributed by atoms with van der Waals surface area (Å²) in [7, 11) is 0. The lowest BCUT2D eigenvalue weighted by molar-refractivity contribution is 0.0649. The number of fused-ring (bicyclic) bond motifs is 2. The molecular weight excluding hydrogens is 433 g/mol. The predicted molar refractivity (Wildman–Crippen MR) is 107 cm³/mol. The van der Waals surface area contributed by atoms with E-state index in [2.05, 4.69) is 19.9 Å². The first-order chi connectivity index (χ1) is 14.4. The molecule has 0 fully saturated rings. The van der Waals surface area contributed by atoms with Gasteiger partial charge in [0, 0.05) is 18.7 Å². The number of hydrogen-bond acceptors (Lipinski definition) is 7. The number of oxazole rings is 1. The van der Waals surface area contributed by atoms with E-state index in [1.807, 2.05) is 0 Å². The normalized spacial score (nSPS) is 17.3. The third-order valence-corrected chi connectivity index (χ3v) is 6.29. The fourth-order valence-electron chi connectivity index (χ4n) is 3.55. The molecule has 11 heteroatoms. The van der Waals surface area contributed by atoms with E-state index in [1.165, 1.54) is 29.2 Å². The molecule has 1 amide bonds. The number of thiazole rings is 1. The molecule has 0 saturated heterocycles. The molecule has 3 aromatic heterocycles. The summed E-state index contributed by atoms with van der Waals surface area (Å²) in [6.07, 6.45) is 1.10. The van der Waals surface area contributed by atoms with E-state index in [0.29, 0.717) is 28.4 Å². The van der Waals surface area contributed by atoms with E-state index in [0.717, 1.165) is 5.69 Å². The van der Waals surface area contributed by atoms with Crippen LogP contribution in [0.3, 0.4) is 0 Å². The van der Waals surface area contributed by atoms with Crippen LogP contribution in [0, 0.1) is 5.82 Å². The minimum absolute atomic E-state index is 0.0422. The number of halogens is 2. The minimum Gasteiger partial charge on any atom is -0.431 e. The number of aliphatic hydroxyl groups is 1. The second-order valence-electron chi connectivity index (χ2n) is 6.90. The molecule has 4 aromatic rings. The number of benzene rings is 1. The Hall–Kier alpha value is -2.82. The van der Waals surface area contributed by atoms with Gasteiger partial charge in [0.1, 0.15) is 28.5 Å². The molecule has 8 nitrogen and oxygen atoms in total. The molecule has 1 aliphatic heterocycles. The van der Waals surface area contributed by atoms with Crippen molar-refractivity contribution in [3.63, 3.8) is 0 Å². The number of aromatic nitrogens is 4. The Bertz CT molecular complexity index is 1270. The molecule has 0 spiro atoms. The van der Waals surface area contributed by atoms with Gasteiger partial charge >= 0.3 is 0 Å². The van der Waals surface area contributed by atoms with E-state index in [9.17, 15) is 14.3 Å². The zero-order valence-electron chi connectivity index (χ0n) is 15.6. The number of imidazole rings is 1. The number of para-hydroxylation sites is 1. The molecule has 154 valence electrons. The lowest BCUT2D eigenvalue weighted by atomic mass is 10.0. The molecule has 1 aromatic carbocycles. The van der Waals surface area contributed by atoms with E-state index < -0.39 is 23.9 Å². The zero-order chi connectivity index (χ0) is 21.0. The van der Waals surface area contributed by atoms with E-state index in [-0.39, 0.29) is 22.3 Å². The molecule has 1 aliphatic rings.